The molecule has 3 aromatic carbocycles. The molecule has 0 radical (unpaired) electrons. The average Bonchev–Trinajstić information content (AvgIpc) is 3.40. The zero-order valence-electron chi connectivity index (χ0n) is 17.8. The van der Waals surface area contributed by atoms with Crippen LogP contribution in [-0.4, -0.2) is 23.8 Å². The third kappa shape index (κ3) is 2.27. The van der Waals surface area contributed by atoms with E-state index in [1.807, 2.05) is 18.2 Å². The summed E-state index contributed by atoms with van der Waals surface area (Å²) in [7, 11) is 1.71. The minimum absolute atomic E-state index is 0.0514. The number of fused-ring (bicyclic) bond motifs is 4. The van der Waals surface area contributed by atoms with Crippen LogP contribution in [0.15, 0.2) is 71.7 Å². The lowest BCUT2D eigenvalue weighted by molar-refractivity contribution is -0.134. The molecule has 1 atom stereocenters. The van der Waals surface area contributed by atoms with Crippen LogP contribution in [0.4, 0.5) is 0 Å². The van der Waals surface area contributed by atoms with E-state index in [9.17, 15) is 10.1 Å². The van der Waals surface area contributed by atoms with Crippen molar-refractivity contribution in [3.05, 3.63) is 94.5 Å². The fourth-order valence-electron chi connectivity index (χ4n) is 6.03. The Hall–Kier alpha value is -3.91. The summed E-state index contributed by atoms with van der Waals surface area (Å²) in [6.45, 7) is 0. The highest BCUT2D eigenvalue weighted by Crippen LogP contribution is 2.61. The van der Waals surface area contributed by atoms with Crippen LogP contribution in [-0.2, 0) is 29.6 Å². The number of amides is 1. The van der Waals surface area contributed by atoms with Crippen molar-refractivity contribution >= 4 is 11.9 Å². The smallest absolute Gasteiger partial charge is 0.262 e. The van der Waals surface area contributed by atoms with Gasteiger partial charge in [-0.1, -0.05) is 48.5 Å². The predicted octanol–water partition coefficient (Wildman–Crippen LogP) is 3.55. The number of nitrogens with two attached hydrogens (primary N) is 1. The van der Waals surface area contributed by atoms with Crippen LogP contribution in [0, 0.1) is 16.7 Å². The van der Waals surface area contributed by atoms with Crippen LogP contribution in [0.25, 0.3) is 11.1 Å². The first-order chi connectivity index (χ1) is 15.5. The minimum Gasteiger partial charge on any atom is -0.369 e. The number of benzene rings is 3. The number of guanidine groups is 1. The van der Waals surface area contributed by atoms with Gasteiger partial charge < -0.3 is 5.73 Å². The average molecular weight is 419 g/mol. The number of likely N-dealkylation sites (N-methyl/N-ethyl adjacent to an activating group) is 1. The second kappa shape index (κ2) is 6.30. The lowest BCUT2D eigenvalue weighted by atomic mass is 9.67. The van der Waals surface area contributed by atoms with Gasteiger partial charge >= 0.3 is 0 Å². The Morgan fingerprint density at radius 3 is 2.28 bits per heavy atom. The molecule has 0 aromatic heterocycles. The van der Waals surface area contributed by atoms with Gasteiger partial charge in [0.15, 0.2) is 11.5 Å². The highest BCUT2D eigenvalue weighted by molar-refractivity contribution is 6.08. The van der Waals surface area contributed by atoms with Crippen molar-refractivity contribution in [2.75, 3.05) is 7.05 Å². The lowest BCUT2D eigenvalue weighted by Crippen LogP contribution is -2.50. The zero-order valence-corrected chi connectivity index (χ0v) is 17.8. The van der Waals surface area contributed by atoms with E-state index in [0.29, 0.717) is 5.56 Å². The summed E-state index contributed by atoms with van der Waals surface area (Å²) < 4.78 is 0. The van der Waals surface area contributed by atoms with Gasteiger partial charge in [0.05, 0.1) is 11.6 Å². The van der Waals surface area contributed by atoms with Gasteiger partial charge in [-0.3, -0.25) is 9.69 Å². The van der Waals surface area contributed by atoms with Crippen molar-refractivity contribution in [2.24, 2.45) is 16.1 Å². The van der Waals surface area contributed by atoms with Gasteiger partial charge in [-0.25, -0.2) is 4.99 Å². The Morgan fingerprint density at radius 2 is 1.62 bits per heavy atom. The summed E-state index contributed by atoms with van der Waals surface area (Å²) in [4.78, 5) is 20.3. The number of aliphatic imine (C=N–C) groups is 1. The second-order valence-electron chi connectivity index (χ2n) is 9.19. The molecule has 0 fully saturated rings. The molecule has 2 N–H and O–H groups in total. The summed E-state index contributed by atoms with van der Waals surface area (Å²) in [5.74, 6) is 0.222. The van der Waals surface area contributed by atoms with Crippen LogP contribution < -0.4 is 5.73 Å². The molecular weight excluding hydrogens is 396 g/mol. The zero-order chi connectivity index (χ0) is 22.1. The number of carbonyl (C=O) groups excluding carboxylic acids is 1. The van der Waals surface area contributed by atoms with Crippen LogP contribution in [0.1, 0.15) is 27.8 Å². The monoisotopic (exact) mass is 418 g/mol. The van der Waals surface area contributed by atoms with E-state index >= 15 is 0 Å². The quantitative estimate of drug-likeness (QED) is 0.656. The summed E-state index contributed by atoms with van der Waals surface area (Å²) in [6.07, 6.45) is 2.38. The first-order valence-electron chi connectivity index (χ1n) is 10.8. The number of hydrogen-bond donors (Lipinski definition) is 1. The number of carbonyl (C=O) groups is 1. The van der Waals surface area contributed by atoms with Gasteiger partial charge in [0.25, 0.3) is 5.91 Å². The summed E-state index contributed by atoms with van der Waals surface area (Å²) in [5, 5.41) is 9.32. The Bertz CT molecular complexity index is 1360. The first kappa shape index (κ1) is 18.8. The molecule has 1 aliphatic heterocycles. The van der Waals surface area contributed by atoms with Crippen molar-refractivity contribution in [2.45, 2.75) is 24.8 Å². The molecule has 156 valence electrons. The minimum atomic E-state index is -1.02. The van der Waals surface area contributed by atoms with Crippen molar-refractivity contribution in [1.29, 1.82) is 5.26 Å². The Morgan fingerprint density at radius 1 is 0.938 bits per heavy atom. The van der Waals surface area contributed by atoms with E-state index in [2.05, 4.69) is 48.5 Å². The normalized spacial score (nSPS) is 22.2. The summed E-state index contributed by atoms with van der Waals surface area (Å²) >= 11 is 0. The standard InChI is InChI=1S/C27H22N4O/c1-31-24(32)27(30-25(31)29)23-12-19(18-8-4-5-17(11-18)16-28)9-10-22(23)15-26(27)13-20-6-2-3-7-21(20)14-26/h2-12H,13-15H2,1H3,(H2,29,30). The van der Waals surface area contributed by atoms with Gasteiger partial charge in [0, 0.05) is 12.5 Å². The third-order valence-electron chi connectivity index (χ3n) is 7.54. The third-order valence-corrected chi connectivity index (χ3v) is 7.54. The molecule has 0 bridgehead atoms. The molecule has 1 heterocycles. The molecule has 1 unspecified atom stereocenters. The van der Waals surface area contributed by atoms with Crippen molar-refractivity contribution < 1.29 is 4.79 Å². The van der Waals surface area contributed by atoms with Crippen molar-refractivity contribution in [3.63, 3.8) is 0 Å². The molecule has 2 aliphatic carbocycles. The highest BCUT2D eigenvalue weighted by atomic mass is 16.2. The van der Waals surface area contributed by atoms with Gasteiger partial charge in [0.2, 0.25) is 0 Å². The van der Waals surface area contributed by atoms with Crippen LogP contribution in [0.3, 0.4) is 0 Å². The Balaban J connectivity index is 1.57. The van der Waals surface area contributed by atoms with Gasteiger partial charge in [-0.15, -0.1) is 0 Å². The van der Waals surface area contributed by atoms with Gasteiger partial charge in [-0.2, -0.15) is 5.26 Å². The molecule has 5 nitrogen and oxygen atoms in total. The lowest BCUT2D eigenvalue weighted by Gasteiger charge is -2.37. The molecule has 32 heavy (non-hydrogen) atoms. The SMILES string of the molecule is CN1C(=O)C2(N=C1N)c1cc(-c3cccc(C#N)c3)ccc1CC21Cc2ccccc2C1. The Labute approximate surface area is 186 Å². The van der Waals surface area contributed by atoms with E-state index in [1.165, 1.54) is 16.0 Å². The second-order valence-corrected chi connectivity index (χ2v) is 9.19. The summed E-state index contributed by atoms with van der Waals surface area (Å²) in [6, 6.07) is 24.5. The molecular formula is C27H22N4O. The topological polar surface area (TPSA) is 82.5 Å². The molecule has 6 rings (SSSR count). The Kier molecular flexibility index (Phi) is 3.71. The maximum absolute atomic E-state index is 13.9. The van der Waals surface area contributed by atoms with Gasteiger partial charge in [0.1, 0.15) is 0 Å². The van der Waals surface area contributed by atoms with Crippen molar-refractivity contribution in [3.8, 4) is 17.2 Å². The number of hydrogen-bond acceptors (Lipinski definition) is 4. The molecule has 0 saturated heterocycles. The predicted molar refractivity (Wildman–Crippen MR) is 123 cm³/mol. The van der Waals surface area contributed by atoms with E-state index in [1.54, 1.807) is 13.1 Å². The largest absolute Gasteiger partial charge is 0.369 e. The number of nitriles is 1. The number of nitrogens with zero attached hydrogens (tertiary/aromatic N) is 3. The van der Waals surface area contributed by atoms with E-state index in [0.717, 1.165) is 41.5 Å². The highest BCUT2D eigenvalue weighted by Gasteiger charge is 2.67. The van der Waals surface area contributed by atoms with Crippen LogP contribution >= 0.6 is 0 Å². The van der Waals surface area contributed by atoms with Crippen molar-refractivity contribution in [1.82, 2.24) is 4.90 Å². The maximum Gasteiger partial charge on any atom is 0.262 e. The number of rotatable bonds is 1. The first-order valence-corrected chi connectivity index (χ1v) is 10.8. The van der Waals surface area contributed by atoms with Crippen LogP contribution in [0.2, 0.25) is 0 Å². The van der Waals surface area contributed by atoms with E-state index < -0.39 is 5.54 Å². The molecule has 2 spiro atoms. The van der Waals surface area contributed by atoms with Crippen LogP contribution in [0.5, 0.6) is 0 Å². The van der Waals surface area contributed by atoms with Gasteiger partial charge in [-0.05, 0) is 70.8 Å². The molecule has 1 amide bonds. The molecule has 3 aromatic rings. The molecule has 0 saturated carbocycles. The maximum atomic E-state index is 13.9. The molecule has 3 aliphatic rings. The van der Waals surface area contributed by atoms with E-state index in [4.69, 9.17) is 10.7 Å². The molecule has 5 heteroatoms. The fourth-order valence-corrected chi connectivity index (χ4v) is 6.03. The fraction of sp³-hybridized carbons (Fsp3) is 0.222. The van der Waals surface area contributed by atoms with E-state index in [-0.39, 0.29) is 17.3 Å². The summed E-state index contributed by atoms with van der Waals surface area (Å²) in [5.41, 5.74) is 12.1.